The zero-order chi connectivity index (χ0) is 14.4. The smallest absolute Gasteiger partial charge is 0.0195 e. The van der Waals surface area contributed by atoms with Gasteiger partial charge in [0, 0.05) is 25.2 Å². The Bertz CT molecular complexity index is 368. The lowest BCUT2D eigenvalue weighted by atomic mass is 10.0. The SMILES string of the molecule is CC(C)CN(CC1CCCN1)C(C)Cc1ccccc1. The molecule has 1 aromatic rings. The quantitative estimate of drug-likeness (QED) is 0.820. The second kappa shape index (κ2) is 7.80. The highest BCUT2D eigenvalue weighted by Gasteiger charge is 2.22. The molecule has 0 saturated carbocycles. The average molecular weight is 274 g/mol. The van der Waals surface area contributed by atoms with Crippen molar-refractivity contribution in [1.29, 1.82) is 0 Å². The molecule has 0 bridgehead atoms. The van der Waals surface area contributed by atoms with E-state index in [4.69, 9.17) is 0 Å². The van der Waals surface area contributed by atoms with E-state index in [1.165, 1.54) is 38.0 Å². The Morgan fingerprint density at radius 3 is 2.55 bits per heavy atom. The predicted octanol–water partition coefficient (Wildman–Crippen LogP) is 3.33. The van der Waals surface area contributed by atoms with Crippen molar-refractivity contribution in [3.05, 3.63) is 35.9 Å². The maximum absolute atomic E-state index is 3.64. The Labute approximate surface area is 124 Å². The van der Waals surface area contributed by atoms with Gasteiger partial charge in [0.1, 0.15) is 0 Å². The summed E-state index contributed by atoms with van der Waals surface area (Å²) in [6.45, 7) is 10.6. The summed E-state index contributed by atoms with van der Waals surface area (Å²) in [5.41, 5.74) is 1.45. The van der Waals surface area contributed by atoms with Gasteiger partial charge in [0.15, 0.2) is 0 Å². The molecule has 1 aromatic carbocycles. The van der Waals surface area contributed by atoms with Gasteiger partial charge in [-0.1, -0.05) is 44.2 Å². The van der Waals surface area contributed by atoms with Gasteiger partial charge in [0.25, 0.3) is 0 Å². The van der Waals surface area contributed by atoms with E-state index >= 15 is 0 Å². The molecule has 1 aliphatic rings. The van der Waals surface area contributed by atoms with Crippen molar-refractivity contribution in [2.45, 2.75) is 52.1 Å². The molecule has 0 aliphatic carbocycles. The molecule has 2 nitrogen and oxygen atoms in total. The lowest BCUT2D eigenvalue weighted by Crippen LogP contribution is -2.44. The average Bonchev–Trinajstić information content (AvgIpc) is 2.91. The van der Waals surface area contributed by atoms with Crippen LogP contribution in [0.15, 0.2) is 30.3 Å². The molecule has 0 amide bonds. The molecule has 1 N–H and O–H groups in total. The fourth-order valence-corrected chi connectivity index (χ4v) is 3.18. The minimum atomic E-state index is 0.613. The number of rotatable bonds is 7. The standard InChI is InChI=1S/C18H30N2/c1-15(2)13-20(14-18-10-7-11-19-18)16(3)12-17-8-5-4-6-9-17/h4-6,8-9,15-16,18-19H,7,10-14H2,1-3H3. The van der Waals surface area contributed by atoms with E-state index in [1.807, 2.05) is 0 Å². The zero-order valence-electron chi connectivity index (χ0n) is 13.3. The molecule has 0 spiro atoms. The number of nitrogens with one attached hydrogen (secondary N) is 1. The summed E-state index contributed by atoms with van der Waals surface area (Å²) in [5, 5.41) is 3.64. The first kappa shape index (κ1) is 15.5. The molecule has 2 heteroatoms. The summed E-state index contributed by atoms with van der Waals surface area (Å²) in [7, 11) is 0. The van der Waals surface area contributed by atoms with Crippen molar-refractivity contribution in [3.63, 3.8) is 0 Å². The van der Waals surface area contributed by atoms with Gasteiger partial charge in [0.05, 0.1) is 0 Å². The summed E-state index contributed by atoms with van der Waals surface area (Å²) >= 11 is 0. The van der Waals surface area contributed by atoms with Crippen LogP contribution in [0, 0.1) is 5.92 Å². The third kappa shape index (κ3) is 4.92. The van der Waals surface area contributed by atoms with Crippen LogP contribution in [-0.4, -0.2) is 36.6 Å². The van der Waals surface area contributed by atoms with Crippen LogP contribution in [-0.2, 0) is 6.42 Å². The van der Waals surface area contributed by atoms with Crippen molar-refractivity contribution in [2.75, 3.05) is 19.6 Å². The number of nitrogens with zero attached hydrogens (tertiary/aromatic N) is 1. The van der Waals surface area contributed by atoms with E-state index in [9.17, 15) is 0 Å². The van der Waals surface area contributed by atoms with E-state index in [0.717, 1.165) is 12.3 Å². The van der Waals surface area contributed by atoms with Crippen LogP contribution in [0.2, 0.25) is 0 Å². The van der Waals surface area contributed by atoms with Crippen LogP contribution in [0.1, 0.15) is 39.2 Å². The maximum Gasteiger partial charge on any atom is 0.0195 e. The van der Waals surface area contributed by atoms with Crippen LogP contribution in [0.5, 0.6) is 0 Å². The molecular weight excluding hydrogens is 244 g/mol. The van der Waals surface area contributed by atoms with Crippen LogP contribution >= 0.6 is 0 Å². The van der Waals surface area contributed by atoms with Gasteiger partial charge in [-0.3, -0.25) is 4.90 Å². The minimum absolute atomic E-state index is 0.613. The minimum Gasteiger partial charge on any atom is -0.313 e. The molecule has 112 valence electrons. The summed E-state index contributed by atoms with van der Waals surface area (Å²) in [6, 6.07) is 12.2. The second-order valence-corrected chi connectivity index (χ2v) is 6.68. The van der Waals surface area contributed by atoms with Crippen LogP contribution in [0.25, 0.3) is 0 Å². The van der Waals surface area contributed by atoms with Crippen LogP contribution in [0.4, 0.5) is 0 Å². The number of hydrogen-bond acceptors (Lipinski definition) is 2. The first-order valence-electron chi connectivity index (χ1n) is 8.16. The summed E-state index contributed by atoms with van der Waals surface area (Å²) < 4.78 is 0. The summed E-state index contributed by atoms with van der Waals surface area (Å²) in [6.07, 6.45) is 3.83. The molecule has 2 rings (SSSR count). The monoisotopic (exact) mass is 274 g/mol. The first-order chi connectivity index (χ1) is 9.65. The van der Waals surface area contributed by atoms with Gasteiger partial charge in [-0.25, -0.2) is 0 Å². The van der Waals surface area contributed by atoms with E-state index in [1.54, 1.807) is 0 Å². The Morgan fingerprint density at radius 1 is 1.20 bits per heavy atom. The van der Waals surface area contributed by atoms with E-state index in [-0.39, 0.29) is 0 Å². The Kier molecular flexibility index (Phi) is 6.06. The van der Waals surface area contributed by atoms with Gasteiger partial charge in [0.2, 0.25) is 0 Å². The third-order valence-corrected chi connectivity index (χ3v) is 4.21. The fraction of sp³-hybridized carbons (Fsp3) is 0.667. The van der Waals surface area contributed by atoms with E-state index < -0.39 is 0 Å². The number of hydrogen-bond donors (Lipinski definition) is 1. The lowest BCUT2D eigenvalue weighted by molar-refractivity contribution is 0.170. The topological polar surface area (TPSA) is 15.3 Å². The molecule has 2 atom stereocenters. The van der Waals surface area contributed by atoms with Crippen LogP contribution in [0.3, 0.4) is 0 Å². The fourth-order valence-electron chi connectivity index (χ4n) is 3.18. The predicted molar refractivity (Wildman–Crippen MR) is 87.0 cm³/mol. The molecule has 1 fully saturated rings. The van der Waals surface area contributed by atoms with Crippen molar-refractivity contribution < 1.29 is 0 Å². The van der Waals surface area contributed by atoms with Crippen molar-refractivity contribution >= 4 is 0 Å². The summed E-state index contributed by atoms with van der Waals surface area (Å²) in [5.74, 6) is 0.731. The molecule has 1 heterocycles. The first-order valence-corrected chi connectivity index (χ1v) is 8.16. The molecule has 0 aromatic heterocycles. The zero-order valence-corrected chi connectivity index (χ0v) is 13.3. The maximum atomic E-state index is 3.64. The van der Waals surface area contributed by atoms with Gasteiger partial charge >= 0.3 is 0 Å². The van der Waals surface area contributed by atoms with E-state index in [2.05, 4.69) is 61.3 Å². The Balaban J connectivity index is 1.93. The highest BCUT2D eigenvalue weighted by atomic mass is 15.2. The third-order valence-electron chi connectivity index (χ3n) is 4.21. The van der Waals surface area contributed by atoms with Gasteiger partial charge < -0.3 is 5.32 Å². The highest BCUT2D eigenvalue weighted by Crippen LogP contribution is 2.14. The van der Waals surface area contributed by atoms with Gasteiger partial charge in [-0.05, 0) is 44.2 Å². The molecule has 1 saturated heterocycles. The highest BCUT2D eigenvalue weighted by molar-refractivity contribution is 5.15. The Morgan fingerprint density at radius 2 is 1.95 bits per heavy atom. The molecule has 1 aliphatic heterocycles. The van der Waals surface area contributed by atoms with E-state index in [0.29, 0.717) is 12.1 Å². The molecule has 0 radical (unpaired) electrons. The normalized spacial score (nSPS) is 20.8. The lowest BCUT2D eigenvalue weighted by Gasteiger charge is -2.33. The van der Waals surface area contributed by atoms with Crippen LogP contribution < -0.4 is 5.32 Å². The second-order valence-electron chi connectivity index (χ2n) is 6.68. The molecule has 20 heavy (non-hydrogen) atoms. The Hall–Kier alpha value is -0.860. The van der Waals surface area contributed by atoms with Crippen molar-refractivity contribution in [2.24, 2.45) is 5.92 Å². The summed E-state index contributed by atoms with van der Waals surface area (Å²) in [4.78, 5) is 2.68. The van der Waals surface area contributed by atoms with Gasteiger partial charge in [-0.15, -0.1) is 0 Å². The van der Waals surface area contributed by atoms with Crippen molar-refractivity contribution in [1.82, 2.24) is 10.2 Å². The molecule has 2 unspecified atom stereocenters. The van der Waals surface area contributed by atoms with Gasteiger partial charge in [-0.2, -0.15) is 0 Å². The molecular formula is C18H30N2. The van der Waals surface area contributed by atoms with Crippen molar-refractivity contribution in [3.8, 4) is 0 Å². The largest absolute Gasteiger partial charge is 0.313 e. The number of benzene rings is 1.